The van der Waals surface area contributed by atoms with Crippen molar-refractivity contribution in [2.75, 3.05) is 18.0 Å². The number of anilines is 1. The molecule has 0 spiro atoms. The molecule has 6 heteroatoms. The van der Waals surface area contributed by atoms with Gasteiger partial charge in [-0.05, 0) is 32.4 Å². The fourth-order valence-corrected chi connectivity index (χ4v) is 1.98. The number of hydrogen-bond donors (Lipinski definition) is 1. The Morgan fingerprint density at radius 3 is 2.60 bits per heavy atom. The van der Waals surface area contributed by atoms with Gasteiger partial charge in [0.15, 0.2) is 0 Å². The first kappa shape index (κ1) is 15.9. The third kappa shape index (κ3) is 3.68. The lowest BCUT2D eigenvalue weighted by Gasteiger charge is -2.24. The van der Waals surface area contributed by atoms with Crippen LogP contribution < -0.4 is 4.90 Å². The van der Waals surface area contributed by atoms with Crippen molar-refractivity contribution < 1.29 is 10.0 Å². The minimum atomic E-state index is -0.754. The molecule has 0 bridgehead atoms. The molecule has 0 fully saturated rings. The predicted octanol–water partition coefficient (Wildman–Crippen LogP) is 2.63. The fraction of sp³-hybridized carbons (Fsp3) is 0.500. The number of rotatable bonds is 6. The number of nitrogens with zero attached hydrogens (tertiary/aromatic N) is 3. The normalized spacial score (nSPS) is 13.3. The lowest BCUT2D eigenvalue weighted by molar-refractivity contribution is -0.384. The van der Waals surface area contributed by atoms with Crippen LogP contribution in [0.5, 0.6) is 0 Å². The number of hydrogen-bond acceptors (Lipinski definition) is 5. The number of benzene rings is 1. The molecular formula is C14H19N3O3. The number of nitriles is 1. The van der Waals surface area contributed by atoms with Crippen molar-refractivity contribution in [2.24, 2.45) is 5.92 Å². The Morgan fingerprint density at radius 2 is 2.15 bits per heavy atom. The van der Waals surface area contributed by atoms with Crippen molar-refractivity contribution in [3.8, 4) is 6.07 Å². The van der Waals surface area contributed by atoms with Crippen LogP contribution >= 0.6 is 0 Å². The maximum Gasteiger partial charge on any atom is 0.292 e. The highest BCUT2D eigenvalue weighted by Gasteiger charge is 2.21. The van der Waals surface area contributed by atoms with Crippen LogP contribution in [0.1, 0.15) is 32.4 Å². The second-order valence-electron chi connectivity index (χ2n) is 4.75. The average molecular weight is 277 g/mol. The van der Waals surface area contributed by atoms with Crippen LogP contribution in [0.3, 0.4) is 0 Å². The van der Waals surface area contributed by atoms with Crippen molar-refractivity contribution in [1.29, 1.82) is 5.26 Å². The van der Waals surface area contributed by atoms with E-state index in [0.717, 1.165) is 0 Å². The predicted molar refractivity (Wildman–Crippen MR) is 76.4 cm³/mol. The van der Waals surface area contributed by atoms with E-state index in [0.29, 0.717) is 24.3 Å². The van der Waals surface area contributed by atoms with Gasteiger partial charge in [0.2, 0.25) is 0 Å². The standard InChI is InChI=1S/C14H19N3O3/c1-4-16(9-10(2)8-15)13-6-5-12(11(3)18)7-14(13)17(19)20/h5-7,10-11,18H,4,9H2,1-3H3/t10?,11-/m0/s1. The Hall–Kier alpha value is -2.13. The highest BCUT2D eigenvalue weighted by molar-refractivity contribution is 5.64. The average Bonchev–Trinajstić information content (AvgIpc) is 2.43. The van der Waals surface area contributed by atoms with Gasteiger partial charge < -0.3 is 10.0 Å². The molecule has 1 N–H and O–H groups in total. The van der Waals surface area contributed by atoms with Gasteiger partial charge in [-0.3, -0.25) is 10.1 Å². The molecule has 6 nitrogen and oxygen atoms in total. The molecule has 0 aliphatic heterocycles. The summed E-state index contributed by atoms with van der Waals surface area (Å²) in [5, 5.41) is 29.6. The summed E-state index contributed by atoms with van der Waals surface area (Å²) < 4.78 is 0. The molecular weight excluding hydrogens is 258 g/mol. The first-order chi connectivity index (χ1) is 9.40. The van der Waals surface area contributed by atoms with Crippen molar-refractivity contribution in [1.82, 2.24) is 0 Å². The zero-order chi connectivity index (χ0) is 15.3. The van der Waals surface area contributed by atoms with E-state index < -0.39 is 11.0 Å². The quantitative estimate of drug-likeness (QED) is 0.637. The first-order valence-corrected chi connectivity index (χ1v) is 6.51. The summed E-state index contributed by atoms with van der Waals surface area (Å²) in [7, 11) is 0. The van der Waals surface area contributed by atoms with Crippen LogP contribution in [0.15, 0.2) is 18.2 Å². The van der Waals surface area contributed by atoms with E-state index in [9.17, 15) is 15.2 Å². The van der Waals surface area contributed by atoms with Crippen molar-refractivity contribution >= 4 is 11.4 Å². The maximum absolute atomic E-state index is 11.2. The molecule has 0 amide bonds. The van der Waals surface area contributed by atoms with Gasteiger partial charge in [-0.15, -0.1) is 0 Å². The minimum absolute atomic E-state index is 0.0459. The summed E-state index contributed by atoms with van der Waals surface area (Å²) in [5.41, 5.74) is 0.934. The summed E-state index contributed by atoms with van der Waals surface area (Å²) in [6.07, 6.45) is -0.754. The van der Waals surface area contributed by atoms with Gasteiger partial charge in [0, 0.05) is 19.2 Å². The minimum Gasteiger partial charge on any atom is -0.389 e. The van der Waals surface area contributed by atoms with E-state index in [2.05, 4.69) is 6.07 Å². The fourth-order valence-electron chi connectivity index (χ4n) is 1.98. The zero-order valence-corrected chi connectivity index (χ0v) is 11.9. The van der Waals surface area contributed by atoms with Gasteiger partial charge >= 0.3 is 0 Å². The molecule has 0 saturated heterocycles. The molecule has 1 unspecified atom stereocenters. The van der Waals surface area contributed by atoms with Crippen molar-refractivity contribution in [2.45, 2.75) is 26.9 Å². The lowest BCUT2D eigenvalue weighted by Crippen LogP contribution is -2.28. The molecule has 20 heavy (non-hydrogen) atoms. The van der Waals surface area contributed by atoms with Gasteiger partial charge in [0.25, 0.3) is 5.69 Å². The zero-order valence-electron chi connectivity index (χ0n) is 11.9. The molecule has 1 aromatic rings. The Morgan fingerprint density at radius 1 is 1.50 bits per heavy atom. The third-order valence-corrected chi connectivity index (χ3v) is 3.12. The van der Waals surface area contributed by atoms with Gasteiger partial charge in [-0.2, -0.15) is 5.26 Å². The summed E-state index contributed by atoms with van der Waals surface area (Å²) >= 11 is 0. The van der Waals surface area contributed by atoms with E-state index in [1.807, 2.05) is 6.92 Å². The molecule has 0 heterocycles. The molecule has 2 atom stereocenters. The third-order valence-electron chi connectivity index (χ3n) is 3.12. The van der Waals surface area contributed by atoms with E-state index >= 15 is 0 Å². The highest BCUT2D eigenvalue weighted by Crippen LogP contribution is 2.31. The monoisotopic (exact) mass is 277 g/mol. The van der Waals surface area contributed by atoms with E-state index in [1.165, 1.54) is 6.07 Å². The summed E-state index contributed by atoms with van der Waals surface area (Å²) in [6, 6.07) is 6.82. The molecule has 0 aromatic heterocycles. The number of aliphatic hydroxyl groups excluding tert-OH is 1. The molecule has 0 aliphatic rings. The molecule has 108 valence electrons. The van der Waals surface area contributed by atoms with E-state index in [-0.39, 0.29) is 11.6 Å². The summed E-state index contributed by atoms with van der Waals surface area (Å²) in [4.78, 5) is 12.6. The van der Waals surface area contributed by atoms with Crippen LogP contribution in [0.25, 0.3) is 0 Å². The number of nitro groups is 1. The van der Waals surface area contributed by atoms with Crippen LogP contribution in [0.4, 0.5) is 11.4 Å². The molecule has 0 aliphatic carbocycles. The lowest BCUT2D eigenvalue weighted by atomic mass is 10.1. The van der Waals surface area contributed by atoms with Crippen LogP contribution in [0.2, 0.25) is 0 Å². The van der Waals surface area contributed by atoms with Gasteiger partial charge in [-0.25, -0.2) is 0 Å². The van der Waals surface area contributed by atoms with Crippen LogP contribution in [-0.2, 0) is 0 Å². The smallest absolute Gasteiger partial charge is 0.292 e. The van der Waals surface area contributed by atoms with E-state index in [4.69, 9.17) is 5.26 Å². The summed E-state index contributed by atoms with van der Waals surface area (Å²) in [5.74, 6) is -0.217. The largest absolute Gasteiger partial charge is 0.389 e. The van der Waals surface area contributed by atoms with Crippen LogP contribution in [0, 0.1) is 27.4 Å². The van der Waals surface area contributed by atoms with Crippen molar-refractivity contribution in [3.63, 3.8) is 0 Å². The highest BCUT2D eigenvalue weighted by atomic mass is 16.6. The Labute approximate surface area is 118 Å². The number of aliphatic hydroxyl groups is 1. The molecule has 0 radical (unpaired) electrons. The second-order valence-corrected chi connectivity index (χ2v) is 4.75. The number of nitro benzene ring substituents is 1. The molecule has 1 aromatic carbocycles. The maximum atomic E-state index is 11.2. The molecule has 0 saturated carbocycles. The Bertz CT molecular complexity index is 523. The second kappa shape index (κ2) is 6.87. The van der Waals surface area contributed by atoms with Gasteiger partial charge in [0.1, 0.15) is 5.69 Å². The molecule has 1 rings (SSSR count). The van der Waals surface area contributed by atoms with Gasteiger partial charge in [-0.1, -0.05) is 6.07 Å². The van der Waals surface area contributed by atoms with E-state index in [1.54, 1.807) is 30.9 Å². The summed E-state index contributed by atoms with van der Waals surface area (Å²) in [6.45, 7) is 6.23. The van der Waals surface area contributed by atoms with Crippen LogP contribution in [-0.4, -0.2) is 23.1 Å². The Kier molecular flexibility index (Phi) is 5.47. The SMILES string of the molecule is CCN(CC(C)C#N)c1ccc([C@H](C)O)cc1[N+](=O)[O-]. The van der Waals surface area contributed by atoms with Crippen molar-refractivity contribution in [3.05, 3.63) is 33.9 Å². The topological polar surface area (TPSA) is 90.4 Å². The van der Waals surface area contributed by atoms with Gasteiger partial charge in [0.05, 0.1) is 23.0 Å². The first-order valence-electron chi connectivity index (χ1n) is 6.51. The Balaban J connectivity index is 3.21.